The number of thiophene rings is 1. The number of aliphatic imine (C=N–C) groups is 1. The molecule has 0 saturated heterocycles. The highest BCUT2D eigenvalue weighted by Gasteiger charge is 2.03. The molecule has 2 rings (SSSR count). The molecule has 2 aromatic rings. The highest BCUT2D eigenvalue weighted by molar-refractivity contribution is 14.0. The van der Waals surface area contributed by atoms with Crippen LogP contribution in [0.4, 0.5) is 0 Å². The Balaban J connectivity index is 0.00000264. The van der Waals surface area contributed by atoms with Crippen LogP contribution in [-0.4, -0.2) is 32.0 Å². The molecule has 23 heavy (non-hydrogen) atoms. The van der Waals surface area contributed by atoms with Crippen molar-refractivity contribution in [1.82, 2.24) is 16.0 Å². The van der Waals surface area contributed by atoms with E-state index in [1.54, 1.807) is 30.5 Å². The molecule has 0 aliphatic rings. The average molecular weight is 444 g/mol. The Morgan fingerprint density at radius 3 is 2.43 bits per heavy atom. The largest absolute Gasteiger partial charge is 0.355 e. The summed E-state index contributed by atoms with van der Waals surface area (Å²) in [6.45, 7) is 1.89. The van der Waals surface area contributed by atoms with Crippen LogP contribution in [0.25, 0.3) is 0 Å². The van der Waals surface area contributed by atoms with E-state index in [0.717, 1.165) is 12.5 Å². The molecule has 1 heterocycles. The predicted octanol–water partition coefficient (Wildman–Crippen LogP) is 2.46. The minimum absolute atomic E-state index is 0. The fourth-order valence-electron chi connectivity index (χ4n) is 1.85. The minimum atomic E-state index is -0.0658. The molecule has 1 amide bonds. The number of carbonyl (C=O) groups excluding carboxylic acids is 1. The zero-order valence-corrected chi connectivity index (χ0v) is 16.1. The van der Waals surface area contributed by atoms with Crippen LogP contribution in [0.15, 0.2) is 52.8 Å². The van der Waals surface area contributed by atoms with Crippen molar-refractivity contribution in [2.45, 2.75) is 6.54 Å². The van der Waals surface area contributed by atoms with Gasteiger partial charge < -0.3 is 16.0 Å². The van der Waals surface area contributed by atoms with Gasteiger partial charge in [-0.05, 0) is 23.6 Å². The third kappa shape index (κ3) is 7.00. The molecule has 5 nitrogen and oxygen atoms in total. The molecule has 0 unspecified atom stereocenters. The molecule has 0 aliphatic heterocycles. The normalized spacial score (nSPS) is 10.6. The Bertz CT molecular complexity index is 602. The monoisotopic (exact) mass is 444 g/mol. The van der Waals surface area contributed by atoms with E-state index < -0.39 is 0 Å². The number of hydrogen-bond acceptors (Lipinski definition) is 3. The fourth-order valence-corrected chi connectivity index (χ4v) is 2.50. The van der Waals surface area contributed by atoms with Crippen LogP contribution in [0.3, 0.4) is 0 Å². The van der Waals surface area contributed by atoms with E-state index in [1.165, 1.54) is 4.88 Å². The number of halogens is 1. The lowest BCUT2D eigenvalue weighted by molar-refractivity contribution is 0.0954. The smallest absolute Gasteiger partial charge is 0.251 e. The van der Waals surface area contributed by atoms with Crippen LogP contribution >= 0.6 is 35.3 Å². The Morgan fingerprint density at radius 1 is 1.04 bits per heavy atom. The molecule has 0 aliphatic carbocycles. The molecule has 0 radical (unpaired) electrons. The molecule has 3 N–H and O–H groups in total. The van der Waals surface area contributed by atoms with Crippen molar-refractivity contribution in [3.05, 3.63) is 58.3 Å². The van der Waals surface area contributed by atoms with Crippen LogP contribution in [0, 0.1) is 0 Å². The highest BCUT2D eigenvalue weighted by Crippen LogP contribution is 2.06. The summed E-state index contributed by atoms with van der Waals surface area (Å²) in [4.78, 5) is 17.3. The first-order valence-corrected chi connectivity index (χ1v) is 7.97. The Kier molecular flexibility index (Phi) is 9.30. The summed E-state index contributed by atoms with van der Waals surface area (Å²) >= 11 is 1.70. The van der Waals surface area contributed by atoms with Crippen molar-refractivity contribution in [3.8, 4) is 0 Å². The minimum Gasteiger partial charge on any atom is -0.355 e. The van der Waals surface area contributed by atoms with Gasteiger partial charge in [0.1, 0.15) is 0 Å². The van der Waals surface area contributed by atoms with Gasteiger partial charge in [0.25, 0.3) is 5.91 Å². The van der Waals surface area contributed by atoms with Crippen molar-refractivity contribution in [2.24, 2.45) is 4.99 Å². The maximum Gasteiger partial charge on any atom is 0.251 e. The van der Waals surface area contributed by atoms with E-state index >= 15 is 0 Å². The Hall–Kier alpha value is -1.61. The van der Waals surface area contributed by atoms with Gasteiger partial charge in [-0.2, -0.15) is 0 Å². The van der Waals surface area contributed by atoms with Gasteiger partial charge in [-0.15, -0.1) is 35.3 Å². The van der Waals surface area contributed by atoms with Crippen LogP contribution < -0.4 is 16.0 Å². The Labute approximate surface area is 157 Å². The summed E-state index contributed by atoms with van der Waals surface area (Å²) in [5.41, 5.74) is 0.669. The van der Waals surface area contributed by atoms with Crippen LogP contribution in [-0.2, 0) is 6.54 Å². The predicted molar refractivity (Wildman–Crippen MR) is 107 cm³/mol. The number of benzene rings is 1. The van der Waals surface area contributed by atoms with Crippen LogP contribution in [0.5, 0.6) is 0 Å². The van der Waals surface area contributed by atoms with Gasteiger partial charge in [0.05, 0.1) is 6.54 Å². The van der Waals surface area contributed by atoms with Crippen molar-refractivity contribution in [3.63, 3.8) is 0 Å². The van der Waals surface area contributed by atoms with Gasteiger partial charge in [-0.25, -0.2) is 0 Å². The average Bonchev–Trinajstić information content (AvgIpc) is 3.08. The van der Waals surface area contributed by atoms with E-state index in [1.807, 2.05) is 29.6 Å². The van der Waals surface area contributed by atoms with E-state index in [2.05, 4.69) is 27.0 Å². The molecule has 7 heteroatoms. The lowest BCUT2D eigenvalue weighted by atomic mass is 10.2. The summed E-state index contributed by atoms with van der Waals surface area (Å²) in [6.07, 6.45) is 0. The number of guanidine groups is 1. The summed E-state index contributed by atoms with van der Waals surface area (Å²) in [5, 5.41) is 11.3. The highest BCUT2D eigenvalue weighted by atomic mass is 127. The quantitative estimate of drug-likeness (QED) is 0.278. The second-order valence-electron chi connectivity index (χ2n) is 4.55. The van der Waals surface area contributed by atoms with Crippen molar-refractivity contribution in [1.29, 1.82) is 0 Å². The lowest BCUT2D eigenvalue weighted by Crippen LogP contribution is -2.41. The molecule has 0 saturated carbocycles. The summed E-state index contributed by atoms with van der Waals surface area (Å²) in [7, 11) is 1.73. The SMILES string of the molecule is CN=C(NCCNC(=O)c1ccccc1)NCc1cccs1.I. The number of amides is 1. The summed E-state index contributed by atoms with van der Waals surface area (Å²) < 4.78 is 0. The van der Waals surface area contributed by atoms with Crippen LogP contribution in [0.1, 0.15) is 15.2 Å². The standard InChI is InChI=1S/C16H20N4OS.HI/c1-17-16(20-12-14-8-5-11-22-14)19-10-9-18-15(21)13-6-3-2-4-7-13;/h2-8,11H,9-10,12H2,1H3,(H,18,21)(H2,17,19,20);1H. The van der Waals surface area contributed by atoms with Crippen molar-refractivity contribution >= 4 is 47.2 Å². The molecule has 1 aromatic heterocycles. The first-order chi connectivity index (χ1) is 10.8. The van der Waals surface area contributed by atoms with Gasteiger partial charge in [-0.1, -0.05) is 24.3 Å². The maximum atomic E-state index is 11.9. The van der Waals surface area contributed by atoms with Crippen LogP contribution in [0.2, 0.25) is 0 Å². The van der Waals surface area contributed by atoms with Gasteiger partial charge in [0.2, 0.25) is 0 Å². The van der Waals surface area contributed by atoms with Gasteiger partial charge >= 0.3 is 0 Å². The molecular formula is C16H21IN4OS. The van der Waals surface area contributed by atoms with Gasteiger partial charge in [0, 0.05) is 30.6 Å². The number of rotatable bonds is 6. The van der Waals surface area contributed by atoms with E-state index in [0.29, 0.717) is 18.7 Å². The molecule has 0 fully saturated rings. The Morgan fingerprint density at radius 2 is 1.78 bits per heavy atom. The van der Waals surface area contributed by atoms with Crippen molar-refractivity contribution in [2.75, 3.05) is 20.1 Å². The van der Waals surface area contributed by atoms with E-state index in [-0.39, 0.29) is 29.9 Å². The zero-order valence-electron chi connectivity index (χ0n) is 12.9. The summed E-state index contributed by atoms with van der Waals surface area (Å²) in [5.74, 6) is 0.659. The third-order valence-electron chi connectivity index (χ3n) is 2.97. The van der Waals surface area contributed by atoms with E-state index in [4.69, 9.17) is 0 Å². The van der Waals surface area contributed by atoms with Gasteiger partial charge in [0.15, 0.2) is 5.96 Å². The second kappa shape index (κ2) is 11.0. The summed E-state index contributed by atoms with van der Waals surface area (Å²) in [6, 6.07) is 13.3. The molecule has 0 bridgehead atoms. The number of carbonyl (C=O) groups is 1. The maximum absolute atomic E-state index is 11.9. The topological polar surface area (TPSA) is 65.5 Å². The number of hydrogen-bond donors (Lipinski definition) is 3. The molecule has 1 aromatic carbocycles. The third-order valence-corrected chi connectivity index (χ3v) is 3.85. The first-order valence-electron chi connectivity index (χ1n) is 7.10. The molecule has 124 valence electrons. The lowest BCUT2D eigenvalue weighted by Gasteiger charge is -2.11. The molecule has 0 spiro atoms. The molecule has 0 atom stereocenters. The second-order valence-corrected chi connectivity index (χ2v) is 5.59. The molecular weight excluding hydrogens is 423 g/mol. The van der Waals surface area contributed by atoms with Gasteiger partial charge in [-0.3, -0.25) is 9.79 Å². The zero-order chi connectivity index (χ0) is 15.6. The van der Waals surface area contributed by atoms with Crippen molar-refractivity contribution < 1.29 is 4.79 Å². The number of nitrogens with one attached hydrogen (secondary N) is 3. The fraction of sp³-hybridized carbons (Fsp3) is 0.250. The van der Waals surface area contributed by atoms with E-state index in [9.17, 15) is 4.79 Å². The first kappa shape index (κ1) is 19.4. The number of nitrogens with zero attached hydrogens (tertiary/aromatic N) is 1.